The number of sulfone groups is 1. The number of carbonyl (C=O) groups is 1. The van der Waals surface area contributed by atoms with Crippen molar-refractivity contribution in [1.82, 2.24) is 4.90 Å². The Hall–Kier alpha value is -3.03. The summed E-state index contributed by atoms with van der Waals surface area (Å²) < 4.78 is 35.7. The number of halogens is 1. The first-order valence-electron chi connectivity index (χ1n) is 10.5. The van der Waals surface area contributed by atoms with Gasteiger partial charge in [-0.2, -0.15) is 0 Å². The highest BCUT2D eigenvalue weighted by molar-refractivity contribution is 7.91. The summed E-state index contributed by atoms with van der Waals surface area (Å²) in [6.07, 6.45) is 2.04. The van der Waals surface area contributed by atoms with Crippen molar-refractivity contribution in [3.05, 3.63) is 89.7 Å². The second kappa shape index (κ2) is 9.85. The maximum absolute atomic E-state index is 13.4. The number of benzene rings is 2. The van der Waals surface area contributed by atoms with Gasteiger partial charge in [-0.1, -0.05) is 36.4 Å². The Kier molecular flexibility index (Phi) is 6.91. The molecule has 8 heteroatoms. The van der Waals surface area contributed by atoms with Gasteiger partial charge in [-0.25, -0.2) is 8.42 Å². The molecule has 0 aliphatic carbocycles. The standard InChI is InChI=1S/C25H24ClNO5S/c1-2-13-31-22-8-6-18(7-9-22)25(28)27(21-12-14-33(29,30)17-21)16-23-10-11-24(32-23)19-4-3-5-20(26)15-19/h2-11,15,21H,1,12-14,16-17H2. The zero-order valence-electron chi connectivity index (χ0n) is 17.9. The second-order valence-electron chi connectivity index (χ2n) is 7.89. The molecule has 1 aromatic heterocycles. The van der Waals surface area contributed by atoms with Crippen molar-refractivity contribution in [1.29, 1.82) is 0 Å². The number of carbonyl (C=O) groups excluding carboxylic acids is 1. The lowest BCUT2D eigenvalue weighted by Crippen LogP contribution is -2.40. The zero-order valence-corrected chi connectivity index (χ0v) is 19.5. The summed E-state index contributed by atoms with van der Waals surface area (Å²) >= 11 is 6.08. The van der Waals surface area contributed by atoms with Crippen LogP contribution in [0.5, 0.6) is 5.75 Å². The van der Waals surface area contributed by atoms with Crippen LogP contribution in [0.3, 0.4) is 0 Å². The normalized spacial score (nSPS) is 16.9. The summed E-state index contributed by atoms with van der Waals surface area (Å²) in [7, 11) is -3.18. The monoisotopic (exact) mass is 485 g/mol. The molecule has 1 aliphatic rings. The van der Waals surface area contributed by atoms with E-state index in [9.17, 15) is 13.2 Å². The SMILES string of the molecule is C=CCOc1ccc(C(=O)N(Cc2ccc(-c3cccc(Cl)c3)o2)C2CCS(=O)(=O)C2)cc1. The summed E-state index contributed by atoms with van der Waals surface area (Å²) in [5, 5.41) is 0.596. The van der Waals surface area contributed by atoms with Gasteiger partial charge < -0.3 is 14.1 Å². The minimum absolute atomic E-state index is 0.0544. The Bertz CT molecular complexity index is 1250. The molecule has 4 rings (SSSR count). The highest BCUT2D eigenvalue weighted by Gasteiger charge is 2.35. The van der Waals surface area contributed by atoms with Crippen LogP contribution >= 0.6 is 11.6 Å². The molecule has 0 N–H and O–H groups in total. The van der Waals surface area contributed by atoms with Crippen LogP contribution in [-0.4, -0.2) is 43.4 Å². The van der Waals surface area contributed by atoms with Gasteiger partial charge >= 0.3 is 0 Å². The van der Waals surface area contributed by atoms with Gasteiger partial charge in [0.25, 0.3) is 5.91 Å². The van der Waals surface area contributed by atoms with Gasteiger partial charge in [0.2, 0.25) is 0 Å². The predicted molar refractivity (Wildman–Crippen MR) is 128 cm³/mol. The van der Waals surface area contributed by atoms with E-state index in [1.165, 1.54) is 0 Å². The van der Waals surface area contributed by atoms with E-state index in [1.54, 1.807) is 53.4 Å². The van der Waals surface area contributed by atoms with Gasteiger partial charge in [0.15, 0.2) is 9.84 Å². The van der Waals surface area contributed by atoms with Gasteiger partial charge in [-0.3, -0.25) is 4.79 Å². The van der Waals surface area contributed by atoms with Gasteiger partial charge in [-0.05, 0) is 55.0 Å². The molecule has 0 saturated carbocycles. The third-order valence-electron chi connectivity index (χ3n) is 5.48. The fourth-order valence-corrected chi connectivity index (χ4v) is 5.75. The second-order valence-corrected chi connectivity index (χ2v) is 10.6. The van der Waals surface area contributed by atoms with Crippen LogP contribution < -0.4 is 4.74 Å². The van der Waals surface area contributed by atoms with E-state index in [2.05, 4.69) is 6.58 Å². The summed E-state index contributed by atoms with van der Waals surface area (Å²) in [5.74, 6) is 1.57. The van der Waals surface area contributed by atoms with Crippen LogP contribution in [0.4, 0.5) is 0 Å². The largest absolute Gasteiger partial charge is 0.490 e. The van der Waals surface area contributed by atoms with Crippen molar-refractivity contribution in [3.63, 3.8) is 0 Å². The van der Waals surface area contributed by atoms with Crippen molar-refractivity contribution in [2.75, 3.05) is 18.1 Å². The van der Waals surface area contributed by atoms with Crippen molar-refractivity contribution in [2.45, 2.75) is 19.0 Å². The maximum atomic E-state index is 13.4. The molecule has 0 spiro atoms. The molecule has 2 heterocycles. The van der Waals surface area contributed by atoms with Gasteiger partial charge in [0.05, 0.1) is 18.1 Å². The molecule has 1 amide bonds. The molecule has 0 radical (unpaired) electrons. The summed E-state index contributed by atoms with van der Waals surface area (Å²) in [5.41, 5.74) is 1.28. The molecular weight excluding hydrogens is 462 g/mol. The molecule has 1 aliphatic heterocycles. The first-order chi connectivity index (χ1) is 15.8. The molecule has 1 fully saturated rings. The minimum atomic E-state index is -3.18. The van der Waals surface area contributed by atoms with Crippen molar-refractivity contribution >= 4 is 27.3 Å². The maximum Gasteiger partial charge on any atom is 0.254 e. The summed E-state index contributed by atoms with van der Waals surface area (Å²) in [4.78, 5) is 15.0. The Morgan fingerprint density at radius 1 is 1.18 bits per heavy atom. The van der Waals surface area contributed by atoms with Crippen molar-refractivity contribution in [3.8, 4) is 17.1 Å². The molecule has 2 aromatic carbocycles. The number of rotatable bonds is 8. The molecule has 0 bridgehead atoms. The molecule has 172 valence electrons. The summed E-state index contributed by atoms with van der Waals surface area (Å²) in [6, 6.07) is 17.3. The Balaban J connectivity index is 1.58. The van der Waals surface area contributed by atoms with Crippen molar-refractivity contribution in [2.24, 2.45) is 0 Å². The molecule has 1 atom stereocenters. The highest BCUT2D eigenvalue weighted by atomic mass is 35.5. The first kappa shape index (κ1) is 23.1. The third kappa shape index (κ3) is 5.67. The van der Waals surface area contributed by atoms with Crippen LogP contribution in [0.15, 0.2) is 77.7 Å². The van der Waals surface area contributed by atoms with E-state index in [-0.39, 0.29) is 24.0 Å². The van der Waals surface area contributed by atoms with E-state index < -0.39 is 15.9 Å². The van der Waals surface area contributed by atoms with Crippen LogP contribution in [-0.2, 0) is 16.4 Å². The van der Waals surface area contributed by atoms with E-state index >= 15 is 0 Å². The van der Waals surface area contributed by atoms with Crippen LogP contribution in [0.1, 0.15) is 22.5 Å². The Labute approximate surface area is 198 Å². The summed E-state index contributed by atoms with van der Waals surface area (Å²) in [6.45, 7) is 4.14. The van der Waals surface area contributed by atoms with E-state index in [0.29, 0.717) is 40.9 Å². The van der Waals surface area contributed by atoms with E-state index in [1.807, 2.05) is 18.2 Å². The fourth-order valence-electron chi connectivity index (χ4n) is 3.83. The number of ether oxygens (including phenoxy) is 1. The number of amides is 1. The highest BCUT2D eigenvalue weighted by Crippen LogP contribution is 2.28. The van der Waals surface area contributed by atoms with E-state index in [4.69, 9.17) is 20.8 Å². The Morgan fingerprint density at radius 3 is 2.64 bits per heavy atom. The van der Waals surface area contributed by atoms with Crippen LogP contribution in [0.25, 0.3) is 11.3 Å². The molecule has 33 heavy (non-hydrogen) atoms. The molecule has 3 aromatic rings. The number of nitrogens with zero attached hydrogens (tertiary/aromatic N) is 1. The van der Waals surface area contributed by atoms with Gasteiger partial charge in [0, 0.05) is 22.2 Å². The predicted octanol–water partition coefficient (Wildman–Crippen LogP) is 4.99. The van der Waals surface area contributed by atoms with Crippen LogP contribution in [0.2, 0.25) is 5.02 Å². The van der Waals surface area contributed by atoms with Crippen molar-refractivity contribution < 1.29 is 22.4 Å². The molecule has 1 unspecified atom stereocenters. The van der Waals surface area contributed by atoms with Crippen LogP contribution in [0, 0.1) is 0 Å². The lowest BCUT2D eigenvalue weighted by molar-refractivity contribution is 0.0666. The molecular formula is C25H24ClNO5S. The average molecular weight is 486 g/mol. The lowest BCUT2D eigenvalue weighted by atomic mass is 10.1. The quantitative estimate of drug-likeness (QED) is 0.420. The van der Waals surface area contributed by atoms with Gasteiger partial charge in [0.1, 0.15) is 23.9 Å². The molecule has 6 nitrogen and oxygen atoms in total. The number of hydrogen-bond donors (Lipinski definition) is 0. The van der Waals surface area contributed by atoms with E-state index in [0.717, 1.165) is 5.56 Å². The zero-order chi connectivity index (χ0) is 23.4. The third-order valence-corrected chi connectivity index (χ3v) is 7.46. The lowest BCUT2D eigenvalue weighted by Gasteiger charge is -2.27. The number of furan rings is 1. The number of hydrogen-bond acceptors (Lipinski definition) is 5. The topological polar surface area (TPSA) is 76.8 Å². The Morgan fingerprint density at radius 2 is 1.97 bits per heavy atom. The molecule has 1 saturated heterocycles. The minimum Gasteiger partial charge on any atom is -0.490 e. The smallest absolute Gasteiger partial charge is 0.254 e. The first-order valence-corrected chi connectivity index (χ1v) is 12.7. The fraction of sp³-hybridized carbons (Fsp3) is 0.240. The average Bonchev–Trinajstić information content (AvgIpc) is 3.42. The van der Waals surface area contributed by atoms with Gasteiger partial charge in [-0.15, -0.1) is 0 Å².